The van der Waals surface area contributed by atoms with Crippen LogP contribution in [0.2, 0.25) is 0 Å². The lowest BCUT2D eigenvalue weighted by molar-refractivity contribution is 1.63. The van der Waals surface area contributed by atoms with Crippen LogP contribution in [0.3, 0.4) is 0 Å². The summed E-state index contributed by atoms with van der Waals surface area (Å²) in [5.74, 6) is 0. The molecule has 0 bridgehead atoms. The Balaban J connectivity index is 2.01. The summed E-state index contributed by atoms with van der Waals surface area (Å²) >= 11 is 0. The maximum atomic E-state index is 6.25. The fourth-order valence-corrected chi connectivity index (χ4v) is 6.81. The minimum absolute atomic E-state index is 1.08. The molecule has 0 aliphatic carbocycles. The second kappa shape index (κ2) is 8.07. The Bertz CT molecular complexity index is 1110. The summed E-state index contributed by atoms with van der Waals surface area (Å²) in [6.45, 7) is 0. The van der Waals surface area contributed by atoms with E-state index in [0.29, 0.717) is 0 Å². The molecule has 0 radical (unpaired) electrons. The third kappa shape index (κ3) is 3.30. The number of hydrogen-bond acceptors (Lipinski definition) is 0. The van der Waals surface area contributed by atoms with Crippen molar-refractivity contribution in [2.45, 2.75) is 0 Å². The van der Waals surface area contributed by atoms with Crippen molar-refractivity contribution >= 4 is 18.4 Å². The van der Waals surface area contributed by atoms with Crippen molar-refractivity contribution in [2.24, 2.45) is 0 Å². The van der Waals surface area contributed by atoms with Gasteiger partial charge in [0.15, 0.2) is 0 Å². The van der Waals surface area contributed by atoms with Crippen LogP contribution in [0.1, 0.15) is 0 Å². The Kier molecular flexibility index (Phi) is 5.17. The standard InChI is InChI=1S/C28H20Si/c1-3-29(4-2,27-21-13-11-19-25(27)23-15-7-5-8-16-23)28-22-14-12-20-26(28)24-17-9-6-10-18-24/h1-2,5-22H. The summed E-state index contributed by atoms with van der Waals surface area (Å²) in [6, 6.07) is 37.2. The Hall–Kier alpha value is -3.78. The van der Waals surface area contributed by atoms with Gasteiger partial charge in [0.05, 0.1) is 0 Å². The van der Waals surface area contributed by atoms with E-state index in [9.17, 15) is 0 Å². The molecule has 0 spiro atoms. The van der Waals surface area contributed by atoms with Gasteiger partial charge in [0.2, 0.25) is 0 Å². The van der Waals surface area contributed by atoms with E-state index < -0.39 is 8.07 Å². The topological polar surface area (TPSA) is 0 Å². The second-order valence-electron chi connectivity index (χ2n) is 6.86. The molecule has 0 aromatic heterocycles. The van der Waals surface area contributed by atoms with Crippen LogP contribution in [-0.4, -0.2) is 8.07 Å². The fourth-order valence-electron chi connectivity index (χ4n) is 3.86. The normalized spacial score (nSPS) is 10.7. The minimum Gasteiger partial charge on any atom is -0.125 e. The molecular weight excluding hydrogens is 364 g/mol. The Morgan fingerprint density at radius 1 is 0.448 bits per heavy atom. The van der Waals surface area contributed by atoms with Gasteiger partial charge < -0.3 is 0 Å². The SMILES string of the molecule is C#C[Si](C#C)(c1ccccc1-c1ccccc1)c1ccccc1-c1ccccc1. The van der Waals surface area contributed by atoms with Gasteiger partial charge in [-0.25, -0.2) is 0 Å². The average molecular weight is 385 g/mol. The van der Waals surface area contributed by atoms with Crippen molar-refractivity contribution in [1.82, 2.24) is 0 Å². The van der Waals surface area contributed by atoms with E-state index in [1.54, 1.807) is 0 Å². The molecule has 0 unspecified atom stereocenters. The van der Waals surface area contributed by atoms with Crippen molar-refractivity contribution in [2.75, 3.05) is 0 Å². The van der Waals surface area contributed by atoms with Gasteiger partial charge in [-0.05, 0) is 32.6 Å². The van der Waals surface area contributed by atoms with Crippen molar-refractivity contribution in [3.8, 4) is 46.2 Å². The molecule has 0 fully saturated rings. The van der Waals surface area contributed by atoms with E-state index in [2.05, 4.69) is 59.6 Å². The molecule has 4 aromatic carbocycles. The monoisotopic (exact) mass is 384 g/mol. The zero-order valence-electron chi connectivity index (χ0n) is 16.0. The first kappa shape index (κ1) is 18.6. The fraction of sp³-hybridized carbons (Fsp3) is 0. The number of rotatable bonds is 4. The number of benzene rings is 4. The molecule has 1 heteroatoms. The number of hydrogen-bond donors (Lipinski definition) is 0. The highest BCUT2D eigenvalue weighted by atomic mass is 28.3. The summed E-state index contributed by atoms with van der Waals surface area (Å²) in [7, 11) is -2.89. The molecular formula is C28H20Si. The van der Waals surface area contributed by atoms with Crippen LogP contribution in [0, 0.1) is 23.9 Å². The van der Waals surface area contributed by atoms with E-state index in [1.165, 1.54) is 0 Å². The zero-order chi connectivity index (χ0) is 20.1. The van der Waals surface area contributed by atoms with Crippen LogP contribution < -0.4 is 10.4 Å². The molecule has 0 saturated heterocycles. The molecule has 0 saturated carbocycles. The Morgan fingerprint density at radius 3 is 1.17 bits per heavy atom. The largest absolute Gasteiger partial charge is 0.276 e. The van der Waals surface area contributed by atoms with Crippen molar-refractivity contribution in [3.05, 3.63) is 109 Å². The van der Waals surface area contributed by atoms with Gasteiger partial charge in [-0.15, -0.1) is 23.9 Å². The van der Waals surface area contributed by atoms with E-state index in [-0.39, 0.29) is 0 Å². The summed E-state index contributed by atoms with van der Waals surface area (Å²) in [5, 5.41) is 2.17. The minimum atomic E-state index is -2.89. The number of terminal acetylenes is 2. The van der Waals surface area contributed by atoms with Crippen molar-refractivity contribution < 1.29 is 0 Å². The third-order valence-electron chi connectivity index (χ3n) is 5.26. The highest BCUT2D eigenvalue weighted by Crippen LogP contribution is 2.24. The molecule has 29 heavy (non-hydrogen) atoms. The van der Waals surface area contributed by atoms with Crippen LogP contribution >= 0.6 is 0 Å². The van der Waals surface area contributed by atoms with Gasteiger partial charge in [0.25, 0.3) is 8.07 Å². The van der Waals surface area contributed by atoms with Crippen LogP contribution in [0.25, 0.3) is 22.3 Å². The van der Waals surface area contributed by atoms with Gasteiger partial charge in [0.1, 0.15) is 0 Å². The third-order valence-corrected chi connectivity index (χ3v) is 8.62. The van der Waals surface area contributed by atoms with E-state index >= 15 is 0 Å². The van der Waals surface area contributed by atoms with Gasteiger partial charge >= 0.3 is 0 Å². The van der Waals surface area contributed by atoms with Crippen LogP contribution in [0.4, 0.5) is 0 Å². The predicted octanol–water partition coefficient (Wildman–Crippen LogP) is 4.93. The lowest BCUT2D eigenvalue weighted by Gasteiger charge is -2.26. The molecule has 0 amide bonds. The second-order valence-corrected chi connectivity index (χ2v) is 10.0. The van der Waals surface area contributed by atoms with Gasteiger partial charge in [-0.1, -0.05) is 109 Å². The van der Waals surface area contributed by atoms with Crippen molar-refractivity contribution in [3.63, 3.8) is 0 Å². The maximum absolute atomic E-state index is 6.25. The first-order chi connectivity index (χ1) is 14.3. The molecule has 0 aliphatic heterocycles. The van der Waals surface area contributed by atoms with Crippen molar-refractivity contribution in [1.29, 1.82) is 0 Å². The van der Waals surface area contributed by atoms with Crippen LogP contribution in [0.15, 0.2) is 109 Å². The lowest BCUT2D eigenvalue weighted by Crippen LogP contribution is -2.58. The van der Waals surface area contributed by atoms with Crippen LogP contribution in [-0.2, 0) is 0 Å². The molecule has 0 N–H and O–H groups in total. The smallest absolute Gasteiger partial charge is 0.125 e. The predicted molar refractivity (Wildman–Crippen MR) is 126 cm³/mol. The van der Waals surface area contributed by atoms with Crippen LogP contribution in [0.5, 0.6) is 0 Å². The molecule has 4 rings (SSSR count). The van der Waals surface area contributed by atoms with Gasteiger partial charge in [0, 0.05) is 0 Å². The highest BCUT2D eigenvalue weighted by Gasteiger charge is 2.38. The summed E-state index contributed by atoms with van der Waals surface area (Å²) in [5.41, 5.74) is 10.7. The summed E-state index contributed by atoms with van der Waals surface area (Å²) in [6.07, 6.45) is 12.5. The van der Waals surface area contributed by atoms with E-state index in [0.717, 1.165) is 32.6 Å². The zero-order valence-corrected chi connectivity index (χ0v) is 17.0. The average Bonchev–Trinajstić information content (AvgIpc) is 2.82. The summed E-state index contributed by atoms with van der Waals surface area (Å²) in [4.78, 5) is 0. The lowest BCUT2D eigenvalue weighted by atomic mass is 10.1. The van der Waals surface area contributed by atoms with E-state index in [1.807, 2.05) is 60.7 Å². The Labute approximate surface area is 173 Å². The van der Waals surface area contributed by atoms with Gasteiger partial charge in [-0.3, -0.25) is 0 Å². The first-order valence-corrected chi connectivity index (χ1v) is 11.6. The highest BCUT2D eigenvalue weighted by molar-refractivity contribution is 7.14. The molecule has 136 valence electrons. The Morgan fingerprint density at radius 2 is 0.793 bits per heavy atom. The molecule has 0 atom stereocenters. The molecule has 0 nitrogen and oxygen atoms in total. The molecule has 4 aromatic rings. The molecule has 0 aliphatic rings. The summed E-state index contributed by atoms with van der Waals surface area (Å²) < 4.78 is 0. The molecule has 0 heterocycles. The quantitative estimate of drug-likeness (QED) is 0.346. The van der Waals surface area contributed by atoms with Gasteiger partial charge in [-0.2, -0.15) is 0 Å². The van der Waals surface area contributed by atoms with E-state index in [4.69, 9.17) is 12.8 Å². The maximum Gasteiger partial charge on any atom is 0.276 e. The first-order valence-electron chi connectivity index (χ1n) is 9.55.